The van der Waals surface area contributed by atoms with Crippen molar-refractivity contribution in [2.75, 3.05) is 0 Å². The van der Waals surface area contributed by atoms with Crippen molar-refractivity contribution < 1.29 is 9.18 Å². The van der Waals surface area contributed by atoms with Crippen LogP contribution in [0.1, 0.15) is 20.7 Å². The summed E-state index contributed by atoms with van der Waals surface area (Å²) in [6.45, 7) is 0. The zero-order chi connectivity index (χ0) is 12.3. The molecular formula is C13H10Br2FNO. The lowest BCUT2D eigenvalue weighted by Gasteiger charge is -2.08. The van der Waals surface area contributed by atoms with Crippen molar-refractivity contribution in [2.45, 2.75) is 4.83 Å². The Morgan fingerprint density at radius 1 is 1.22 bits per heavy atom. The third kappa shape index (κ3) is 3.46. The number of halogens is 3. The van der Waals surface area contributed by atoms with Crippen LogP contribution < -0.4 is 0 Å². The number of hydrogen-bond donors (Lipinski definition) is 0. The zero-order valence-electron chi connectivity index (χ0n) is 9.22. The monoisotopic (exact) mass is 373 g/mol. The van der Waals surface area contributed by atoms with E-state index in [0.717, 1.165) is 5.56 Å². The largest absolute Gasteiger partial charge is 0.293 e. The molecule has 1 aromatic carbocycles. The molecule has 0 aliphatic rings. The van der Waals surface area contributed by atoms with E-state index in [9.17, 15) is 9.18 Å². The van der Waals surface area contributed by atoms with E-state index >= 15 is 0 Å². The van der Waals surface area contributed by atoms with E-state index in [-0.39, 0.29) is 22.8 Å². The molecule has 0 radical (unpaired) electrons. The minimum absolute atomic E-state index is 0. The van der Waals surface area contributed by atoms with Crippen LogP contribution >= 0.6 is 32.9 Å². The SMILES string of the molecule is Br.O=C(c1cccc(F)c1)C(Br)c1ccncc1. The van der Waals surface area contributed by atoms with Gasteiger partial charge in [-0.15, -0.1) is 17.0 Å². The summed E-state index contributed by atoms with van der Waals surface area (Å²) in [5.41, 5.74) is 1.15. The zero-order valence-corrected chi connectivity index (χ0v) is 12.5. The van der Waals surface area contributed by atoms with Gasteiger partial charge in [-0.3, -0.25) is 9.78 Å². The van der Waals surface area contributed by atoms with E-state index < -0.39 is 10.6 Å². The molecular weight excluding hydrogens is 365 g/mol. The third-order valence-corrected chi connectivity index (χ3v) is 3.28. The molecule has 0 N–H and O–H groups in total. The fourth-order valence-corrected chi connectivity index (χ4v) is 2.04. The van der Waals surface area contributed by atoms with Gasteiger partial charge in [-0.25, -0.2) is 4.39 Å². The van der Waals surface area contributed by atoms with Crippen LogP contribution in [0.5, 0.6) is 0 Å². The Labute approximate surface area is 123 Å². The van der Waals surface area contributed by atoms with E-state index in [2.05, 4.69) is 20.9 Å². The van der Waals surface area contributed by atoms with E-state index in [1.165, 1.54) is 18.2 Å². The first-order chi connectivity index (χ1) is 8.18. The molecule has 1 unspecified atom stereocenters. The lowest BCUT2D eigenvalue weighted by molar-refractivity contribution is 0.0991. The van der Waals surface area contributed by atoms with Crippen molar-refractivity contribution >= 4 is 38.7 Å². The number of carbonyl (C=O) groups excluding carboxylic acids is 1. The number of Topliss-reactive ketones (excluding diaryl/α,β-unsaturated/α-hetero) is 1. The molecule has 2 nitrogen and oxygen atoms in total. The minimum Gasteiger partial charge on any atom is -0.293 e. The molecule has 2 aromatic rings. The summed E-state index contributed by atoms with van der Waals surface area (Å²) in [4.78, 5) is 15.5. The highest BCUT2D eigenvalue weighted by atomic mass is 79.9. The maximum absolute atomic E-state index is 13.0. The minimum atomic E-state index is -0.479. The highest BCUT2D eigenvalue weighted by molar-refractivity contribution is 9.09. The van der Waals surface area contributed by atoms with Gasteiger partial charge < -0.3 is 0 Å². The van der Waals surface area contributed by atoms with E-state index in [0.29, 0.717) is 5.56 Å². The number of ketones is 1. The Kier molecular flexibility index (Phi) is 5.62. The lowest BCUT2D eigenvalue weighted by Crippen LogP contribution is -2.07. The Hall–Kier alpha value is -1.07. The van der Waals surface area contributed by atoms with Gasteiger partial charge in [0, 0.05) is 18.0 Å². The molecule has 0 aliphatic carbocycles. The predicted molar refractivity (Wildman–Crippen MR) is 77.0 cm³/mol. The van der Waals surface area contributed by atoms with Crippen LogP contribution in [0, 0.1) is 5.82 Å². The van der Waals surface area contributed by atoms with Crippen molar-refractivity contribution in [1.29, 1.82) is 0 Å². The summed E-state index contributed by atoms with van der Waals surface area (Å²) >= 11 is 3.31. The van der Waals surface area contributed by atoms with Gasteiger partial charge in [0.25, 0.3) is 0 Å². The molecule has 0 amide bonds. The average molecular weight is 375 g/mol. The summed E-state index contributed by atoms with van der Waals surface area (Å²) in [6.07, 6.45) is 3.23. The van der Waals surface area contributed by atoms with Crippen molar-refractivity contribution in [2.24, 2.45) is 0 Å². The van der Waals surface area contributed by atoms with Gasteiger partial charge in [-0.05, 0) is 29.8 Å². The first-order valence-electron chi connectivity index (χ1n) is 5.02. The third-order valence-electron chi connectivity index (χ3n) is 2.34. The molecule has 2 rings (SSSR count). The Bertz CT molecular complexity index is 534. The molecule has 0 saturated heterocycles. The van der Waals surface area contributed by atoms with Crippen molar-refractivity contribution in [3.63, 3.8) is 0 Å². The van der Waals surface area contributed by atoms with Gasteiger partial charge in [0.05, 0.1) is 0 Å². The van der Waals surface area contributed by atoms with E-state index in [1.54, 1.807) is 30.6 Å². The van der Waals surface area contributed by atoms with Crippen LogP contribution in [-0.2, 0) is 0 Å². The van der Waals surface area contributed by atoms with Crippen molar-refractivity contribution in [1.82, 2.24) is 4.98 Å². The van der Waals surface area contributed by atoms with Crippen molar-refractivity contribution in [3.05, 3.63) is 65.7 Å². The number of rotatable bonds is 3. The number of nitrogens with zero attached hydrogens (tertiary/aromatic N) is 1. The summed E-state index contributed by atoms with van der Waals surface area (Å²) < 4.78 is 13.0. The summed E-state index contributed by atoms with van der Waals surface area (Å²) in [6, 6.07) is 9.16. The first-order valence-corrected chi connectivity index (χ1v) is 5.94. The molecule has 1 atom stereocenters. The van der Waals surface area contributed by atoms with Crippen molar-refractivity contribution in [3.8, 4) is 0 Å². The number of carbonyl (C=O) groups is 1. The Morgan fingerprint density at radius 2 is 1.89 bits per heavy atom. The summed E-state index contributed by atoms with van der Waals surface area (Å²) in [5.74, 6) is -0.582. The highest BCUT2D eigenvalue weighted by Gasteiger charge is 2.18. The normalized spacial score (nSPS) is 11.4. The second-order valence-electron chi connectivity index (χ2n) is 3.52. The maximum Gasteiger partial charge on any atom is 0.180 e. The molecule has 1 aromatic heterocycles. The lowest BCUT2D eigenvalue weighted by atomic mass is 10.0. The van der Waals surface area contributed by atoms with Crippen LogP contribution in [0.25, 0.3) is 0 Å². The molecule has 0 saturated carbocycles. The van der Waals surface area contributed by atoms with Gasteiger partial charge >= 0.3 is 0 Å². The first kappa shape index (κ1) is 15.0. The molecule has 0 fully saturated rings. The van der Waals surface area contributed by atoms with Crippen LogP contribution in [-0.4, -0.2) is 10.8 Å². The summed E-state index contributed by atoms with van der Waals surface area (Å²) in [7, 11) is 0. The number of benzene rings is 1. The quantitative estimate of drug-likeness (QED) is 0.597. The van der Waals surface area contributed by atoms with Gasteiger partial charge in [-0.1, -0.05) is 28.1 Å². The number of aromatic nitrogens is 1. The number of pyridine rings is 1. The molecule has 5 heteroatoms. The van der Waals surface area contributed by atoms with Gasteiger partial charge in [-0.2, -0.15) is 0 Å². The standard InChI is InChI=1S/C13H9BrFNO.BrH/c14-12(9-4-6-16-7-5-9)13(17)10-2-1-3-11(15)8-10;/h1-8,12H;1H. The highest BCUT2D eigenvalue weighted by Crippen LogP contribution is 2.26. The predicted octanol–water partition coefficient (Wildman–Crippen LogP) is 4.12. The smallest absolute Gasteiger partial charge is 0.180 e. The van der Waals surface area contributed by atoms with Gasteiger partial charge in [0.1, 0.15) is 10.6 Å². The molecule has 1 heterocycles. The molecule has 18 heavy (non-hydrogen) atoms. The van der Waals surface area contributed by atoms with Gasteiger partial charge in [0.15, 0.2) is 5.78 Å². The van der Waals surface area contributed by atoms with E-state index in [1.807, 2.05) is 0 Å². The number of alkyl halides is 1. The number of hydrogen-bond acceptors (Lipinski definition) is 2. The van der Waals surface area contributed by atoms with Crippen LogP contribution in [0.15, 0.2) is 48.8 Å². The fraction of sp³-hybridized carbons (Fsp3) is 0.0769. The summed E-state index contributed by atoms with van der Waals surface area (Å²) in [5, 5.41) is 0. The molecule has 94 valence electrons. The van der Waals surface area contributed by atoms with Crippen LogP contribution in [0.2, 0.25) is 0 Å². The second kappa shape index (κ2) is 6.75. The topological polar surface area (TPSA) is 30.0 Å². The van der Waals surface area contributed by atoms with Crippen LogP contribution in [0.3, 0.4) is 0 Å². The van der Waals surface area contributed by atoms with Gasteiger partial charge in [0.2, 0.25) is 0 Å². The maximum atomic E-state index is 13.0. The second-order valence-corrected chi connectivity index (χ2v) is 4.43. The Morgan fingerprint density at radius 3 is 2.50 bits per heavy atom. The molecule has 0 aliphatic heterocycles. The van der Waals surface area contributed by atoms with E-state index in [4.69, 9.17) is 0 Å². The molecule has 0 spiro atoms. The van der Waals surface area contributed by atoms with Crippen LogP contribution in [0.4, 0.5) is 4.39 Å². The fourth-order valence-electron chi connectivity index (χ4n) is 1.47. The molecule has 0 bridgehead atoms. The Balaban J connectivity index is 0.00000162. The average Bonchev–Trinajstić information content (AvgIpc) is 2.38.